The molecule has 0 unspecified atom stereocenters. The lowest BCUT2D eigenvalue weighted by molar-refractivity contribution is 0.0710. The highest BCUT2D eigenvalue weighted by atomic mass is 32.1. The Bertz CT molecular complexity index is 1010. The van der Waals surface area contributed by atoms with E-state index in [4.69, 9.17) is 9.72 Å². The fourth-order valence-corrected chi connectivity index (χ4v) is 4.68. The van der Waals surface area contributed by atoms with Crippen LogP contribution < -0.4 is 4.74 Å². The number of amides is 1. The normalized spacial score (nSPS) is 16.7. The van der Waals surface area contributed by atoms with Crippen molar-refractivity contribution in [2.24, 2.45) is 0 Å². The maximum atomic E-state index is 12.9. The standard InChI is InChI=1S/C23H25N3O2S/c1-15-11-19(17-6-8-20(28-3)9-7-17)12-21(25-15)18-5-4-10-26(13-18)23(27)22-16(2)24-14-29-22/h6-9,11-12,14,18H,4-5,10,13H2,1-3H3/t18-/m1/s1. The molecule has 3 aromatic rings. The third-order valence-electron chi connectivity index (χ3n) is 5.46. The Hall–Kier alpha value is -2.73. The number of benzene rings is 1. The van der Waals surface area contributed by atoms with Crippen molar-refractivity contribution in [1.29, 1.82) is 0 Å². The first-order valence-corrected chi connectivity index (χ1v) is 10.8. The Labute approximate surface area is 175 Å². The lowest BCUT2D eigenvalue weighted by Crippen LogP contribution is -2.39. The van der Waals surface area contributed by atoms with Crippen LogP contribution >= 0.6 is 11.3 Å². The number of nitrogens with zero attached hydrogens (tertiary/aromatic N) is 3. The molecule has 150 valence electrons. The number of carbonyl (C=O) groups excluding carboxylic acids is 1. The van der Waals surface area contributed by atoms with Gasteiger partial charge in [0.25, 0.3) is 5.91 Å². The quantitative estimate of drug-likeness (QED) is 0.620. The highest BCUT2D eigenvalue weighted by Gasteiger charge is 2.28. The van der Waals surface area contributed by atoms with Crippen LogP contribution in [0.2, 0.25) is 0 Å². The maximum absolute atomic E-state index is 12.9. The fourth-order valence-electron chi connectivity index (χ4n) is 3.91. The Morgan fingerprint density at radius 3 is 2.66 bits per heavy atom. The van der Waals surface area contributed by atoms with Crippen molar-refractivity contribution in [2.75, 3.05) is 20.2 Å². The first-order chi connectivity index (χ1) is 14.0. The van der Waals surface area contributed by atoms with E-state index in [1.807, 2.05) is 30.9 Å². The Balaban J connectivity index is 1.58. The van der Waals surface area contributed by atoms with Crippen LogP contribution in [0.4, 0.5) is 0 Å². The van der Waals surface area contributed by atoms with E-state index in [-0.39, 0.29) is 11.8 Å². The van der Waals surface area contributed by atoms with Gasteiger partial charge in [0.05, 0.1) is 18.3 Å². The molecular formula is C23H25N3O2S. The Morgan fingerprint density at radius 1 is 1.17 bits per heavy atom. The number of carbonyl (C=O) groups is 1. The fraction of sp³-hybridized carbons (Fsp3) is 0.348. The number of likely N-dealkylation sites (tertiary alicyclic amines) is 1. The summed E-state index contributed by atoms with van der Waals surface area (Å²) < 4.78 is 5.27. The molecule has 5 nitrogen and oxygen atoms in total. The van der Waals surface area contributed by atoms with E-state index in [2.05, 4.69) is 29.2 Å². The second-order valence-corrected chi connectivity index (χ2v) is 8.36. The number of aryl methyl sites for hydroxylation is 2. The molecule has 0 radical (unpaired) electrons. The van der Waals surface area contributed by atoms with E-state index in [1.165, 1.54) is 11.3 Å². The summed E-state index contributed by atoms with van der Waals surface area (Å²) in [5.74, 6) is 1.19. The van der Waals surface area contributed by atoms with Crippen molar-refractivity contribution in [1.82, 2.24) is 14.9 Å². The van der Waals surface area contributed by atoms with E-state index in [9.17, 15) is 4.79 Å². The van der Waals surface area contributed by atoms with Crippen molar-refractivity contribution in [3.8, 4) is 16.9 Å². The van der Waals surface area contributed by atoms with Crippen LogP contribution in [-0.4, -0.2) is 41.0 Å². The summed E-state index contributed by atoms with van der Waals surface area (Å²) in [6, 6.07) is 12.4. The second-order valence-electron chi connectivity index (χ2n) is 7.51. The lowest BCUT2D eigenvalue weighted by atomic mass is 9.92. The zero-order valence-corrected chi connectivity index (χ0v) is 17.8. The largest absolute Gasteiger partial charge is 0.497 e. The zero-order chi connectivity index (χ0) is 20.4. The van der Waals surface area contributed by atoms with Crippen molar-refractivity contribution < 1.29 is 9.53 Å². The number of piperidine rings is 1. The minimum Gasteiger partial charge on any atom is -0.497 e. The molecule has 1 amide bonds. The molecule has 1 aliphatic heterocycles. The van der Waals surface area contributed by atoms with Gasteiger partial charge in [0.15, 0.2) is 0 Å². The third-order valence-corrected chi connectivity index (χ3v) is 6.38. The van der Waals surface area contributed by atoms with Gasteiger partial charge in [-0.15, -0.1) is 11.3 Å². The predicted octanol–water partition coefficient (Wildman–Crippen LogP) is 4.85. The first kappa shape index (κ1) is 19.6. The van der Waals surface area contributed by atoms with Crippen LogP contribution in [-0.2, 0) is 0 Å². The molecule has 1 fully saturated rings. The van der Waals surface area contributed by atoms with Gasteiger partial charge in [-0.05, 0) is 62.1 Å². The minimum absolute atomic E-state index is 0.0951. The van der Waals surface area contributed by atoms with Crippen LogP contribution in [0.1, 0.15) is 45.5 Å². The number of rotatable bonds is 4. The molecule has 6 heteroatoms. The molecule has 4 rings (SSSR count). The minimum atomic E-state index is 0.0951. The van der Waals surface area contributed by atoms with E-state index in [1.54, 1.807) is 12.6 Å². The van der Waals surface area contributed by atoms with Crippen LogP contribution in [0, 0.1) is 13.8 Å². The summed E-state index contributed by atoms with van der Waals surface area (Å²) in [6.45, 7) is 5.43. The highest BCUT2D eigenvalue weighted by molar-refractivity contribution is 7.11. The molecule has 1 atom stereocenters. The molecule has 0 spiro atoms. The smallest absolute Gasteiger partial charge is 0.265 e. The van der Waals surface area contributed by atoms with Crippen LogP contribution in [0.5, 0.6) is 5.75 Å². The van der Waals surface area contributed by atoms with Gasteiger partial charge >= 0.3 is 0 Å². The Morgan fingerprint density at radius 2 is 1.97 bits per heavy atom. The molecule has 0 saturated carbocycles. The van der Waals surface area contributed by atoms with Gasteiger partial charge in [0.1, 0.15) is 10.6 Å². The number of methoxy groups -OCH3 is 1. The van der Waals surface area contributed by atoms with Crippen molar-refractivity contribution >= 4 is 17.2 Å². The monoisotopic (exact) mass is 407 g/mol. The summed E-state index contributed by atoms with van der Waals surface area (Å²) in [5.41, 5.74) is 6.91. The Kier molecular flexibility index (Phi) is 5.62. The molecule has 0 bridgehead atoms. The highest BCUT2D eigenvalue weighted by Crippen LogP contribution is 2.31. The summed E-state index contributed by atoms with van der Waals surface area (Å²) in [5, 5.41) is 0. The van der Waals surface area contributed by atoms with Gasteiger partial charge in [-0.25, -0.2) is 4.98 Å². The SMILES string of the molecule is COc1ccc(-c2cc(C)nc([C@@H]3CCCN(C(=O)c4scnc4C)C3)c2)cc1. The van der Waals surface area contributed by atoms with Crippen molar-refractivity contribution in [2.45, 2.75) is 32.6 Å². The van der Waals surface area contributed by atoms with Crippen molar-refractivity contribution in [3.05, 3.63) is 63.9 Å². The van der Waals surface area contributed by atoms with Crippen LogP contribution in [0.15, 0.2) is 41.9 Å². The van der Waals surface area contributed by atoms with Crippen molar-refractivity contribution in [3.63, 3.8) is 0 Å². The molecular weight excluding hydrogens is 382 g/mol. The molecule has 2 aromatic heterocycles. The molecule has 29 heavy (non-hydrogen) atoms. The number of thiazole rings is 1. The summed E-state index contributed by atoms with van der Waals surface area (Å²) in [4.78, 5) is 24.7. The topological polar surface area (TPSA) is 55.3 Å². The summed E-state index contributed by atoms with van der Waals surface area (Å²) >= 11 is 1.43. The van der Waals surface area contributed by atoms with Crippen LogP contribution in [0.3, 0.4) is 0 Å². The predicted molar refractivity (Wildman–Crippen MR) is 116 cm³/mol. The number of pyridine rings is 1. The zero-order valence-electron chi connectivity index (χ0n) is 17.0. The number of hydrogen-bond donors (Lipinski definition) is 0. The van der Waals surface area contributed by atoms with E-state index in [0.717, 1.165) is 58.2 Å². The maximum Gasteiger partial charge on any atom is 0.265 e. The van der Waals surface area contributed by atoms with Gasteiger partial charge in [0, 0.05) is 30.4 Å². The van der Waals surface area contributed by atoms with Gasteiger partial charge in [-0.1, -0.05) is 12.1 Å². The molecule has 1 aromatic carbocycles. The average Bonchev–Trinajstić information content (AvgIpc) is 3.18. The van der Waals surface area contributed by atoms with Gasteiger partial charge in [-0.3, -0.25) is 9.78 Å². The number of aromatic nitrogens is 2. The summed E-state index contributed by atoms with van der Waals surface area (Å²) in [7, 11) is 1.67. The molecule has 3 heterocycles. The van der Waals surface area contributed by atoms with E-state index < -0.39 is 0 Å². The summed E-state index contributed by atoms with van der Waals surface area (Å²) in [6.07, 6.45) is 2.03. The molecule has 1 aliphatic rings. The van der Waals surface area contributed by atoms with E-state index >= 15 is 0 Å². The second kappa shape index (κ2) is 8.33. The van der Waals surface area contributed by atoms with Gasteiger partial charge in [-0.2, -0.15) is 0 Å². The van der Waals surface area contributed by atoms with E-state index in [0.29, 0.717) is 6.54 Å². The molecule has 0 aliphatic carbocycles. The molecule has 0 N–H and O–H groups in total. The average molecular weight is 408 g/mol. The number of ether oxygens (including phenoxy) is 1. The van der Waals surface area contributed by atoms with Gasteiger partial charge in [0.2, 0.25) is 0 Å². The lowest BCUT2D eigenvalue weighted by Gasteiger charge is -2.32. The van der Waals surface area contributed by atoms with Crippen LogP contribution in [0.25, 0.3) is 11.1 Å². The molecule has 1 saturated heterocycles. The van der Waals surface area contributed by atoms with Gasteiger partial charge < -0.3 is 9.64 Å². The number of hydrogen-bond acceptors (Lipinski definition) is 5. The first-order valence-electron chi connectivity index (χ1n) is 9.87. The third kappa shape index (κ3) is 4.17.